The van der Waals surface area contributed by atoms with Gasteiger partial charge in [0.15, 0.2) is 5.58 Å². The number of aryl methyl sites for hydroxylation is 2. The highest BCUT2D eigenvalue weighted by Crippen LogP contribution is 2.23. The first-order valence-corrected chi connectivity index (χ1v) is 12.0. The Kier molecular flexibility index (Phi) is 6.10. The van der Waals surface area contributed by atoms with Crippen molar-refractivity contribution in [1.82, 2.24) is 15.0 Å². The third kappa shape index (κ3) is 5.24. The quantitative estimate of drug-likeness (QED) is 0.392. The highest BCUT2D eigenvalue weighted by molar-refractivity contribution is 7.99. The SMILES string of the molecule is Cc1cc(C)nc(NS(=O)(=O)c2ccc(NC(=O)CSc3nc4ccccc4o3)cc2)n1. The summed E-state index contributed by atoms with van der Waals surface area (Å²) in [6.07, 6.45) is 0. The number of hydrogen-bond acceptors (Lipinski definition) is 8. The van der Waals surface area contributed by atoms with Crippen LogP contribution < -0.4 is 10.0 Å². The minimum atomic E-state index is -3.86. The summed E-state index contributed by atoms with van der Waals surface area (Å²) in [6.45, 7) is 3.51. The van der Waals surface area contributed by atoms with Gasteiger partial charge in [-0.3, -0.25) is 4.79 Å². The molecule has 32 heavy (non-hydrogen) atoms. The molecule has 0 aliphatic rings. The molecule has 4 rings (SSSR count). The number of hydrogen-bond donors (Lipinski definition) is 2. The zero-order valence-electron chi connectivity index (χ0n) is 17.2. The first-order chi connectivity index (χ1) is 15.3. The Hall–Kier alpha value is -3.44. The van der Waals surface area contributed by atoms with Crippen LogP contribution in [0.15, 0.2) is 69.1 Å². The second-order valence-corrected chi connectivity index (χ2v) is 9.50. The molecule has 0 atom stereocenters. The lowest BCUT2D eigenvalue weighted by Crippen LogP contribution is -2.16. The predicted molar refractivity (Wildman–Crippen MR) is 122 cm³/mol. The third-order valence-electron chi connectivity index (χ3n) is 4.26. The minimum absolute atomic E-state index is 0.0103. The van der Waals surface area contributed by atoms with Gasteiger partial charge in [-0.05, 0) is 56.3 Å². The van der Waals surface area contributed by atoms with Crippen LogP contribution in [0.3, 0.4) is 0 Å². The number of carbonyl (C=O) groups excluding carboxylic acids is 1. The van der Waals surface area contributed by atoms with Crippen molar-refractivity contribution in [2.75, 3.05) is 15.8 Å². The Morgan fingerprint density at radius 1 is 1.00 bits per heavy atom. The molecule has 4 aromatic rings. The van der Waals surface area contributed by atoms with E-state index in [1.165, 1.54) is 36.0 Å². The summed E-state index contributed by atoms with van der Waals surface area (Å²) in [4.78, 5) is 24.7. The summed E-state index contributed by atoms with van der Waals surface area (Å²) in [7, 11) is -3.86. The summed E-state index contributed by atoms with van der Waals surface area (Å²) in [5, 5.41) is 3.13. The van der Waals surface area contributed by atoms with E-state index >= 15 is 0 Å². The molecule has 0 bridgehead atoms. The van der Waals surface area contributed by atoms with E-state index in [0.717, 1.165) is 5.52 Å². The number of nitrogens with one attached hydrogen (secondary N) is 2. The fraction of sp³-hybridized carbons (Fsp3) is 0.143. The van der Waals surface area contributed by atoms with Crippen LogP contribution in [0.5, 0.6) is 0 Å². The summed E-state index contributed by atoms with van der Waals surface area (Å²) in [6, 6.07) is 14.9. The highest BCUT2D eigenvalue weighted by Gasteiger charge is 2.16. The van der Waals surface area contributed by atoms with Gasteiger partial charge in [0.25, 0.3) is 15.2 Å². The molecule has 2 heterocycles. The van der Waals surface area contributed by atoms with Gasteiger partial charge in [0.1, 0.15) is 5.52 Å². The number of rotatable bonds is 7. The zero-order chi connectivity index (χ0) is 22.7. The molecule has 2 N–H and O–H groups in total. The number of anilines is 2. The summed E-state index contributed by atoms with van der Waals surface area (Å²) in [5.74, 6) is -0.163. The van der Waals surface area contributed by atoms with E-state index in [2.05, 4.69) is 25.0 Å². The summed E-state index contributed by atoms with van der Waals surface area (Å²) < 4.78 is 33.1. The molecule has 0 fully saturated rings. The first kappa shape index (κ1) is 21.8. The number of nitrogens with zero attached hydrogens (tertiary/aromatic N) is 3. The molecule has 0 saturated carbocycles. The first-order valence-electron chi connectivity index (χ1n) is 9.52. The molecule has 2 aromatic heterocycles. The molecular formula is C21H19N5O4S2. The molecular weight excluding hydrogens is 450 g/mol. The molecule has 0 saturated heterocycles. The molecule has 1 amide bonds. The van der Waals surface area contributed by atoms with Gasteiger partial charge in [0.2, 0.25) is 11.9 Å². The monoisotopic (exact) mass is 469 g/mol. The molecule has 11 heteroatoms. The molecule has 0 radical (unpaired) electrons. The van der Waals surface area contributed by atoms with E-state index in [-0.39, 0.29) is 22.5 Å². The van der Waals surface area contributed by atoms with Crippen molar-refractivity contribution in [3.05, 3.63) is 66.0 Å². The van der Waals surface area contributed by atoms with E-state index in [9.17, 15) is 13.2 Å². The molecule has 9 nitrogen and oxygen atoms in total. The van der Waals surface area contributed by atoms with Crippen molar-refractivity contribution >= 4 is 50.4 Å². The van der Waals surface area contributed by atoms with E-state index in [4.69, 9.17) is 4.42 Å². The third-order valence-corrected chi connectivity index (χ3v) is 6.43. The number of sulfonamides is 1. The zero-order valence-corrected chi connectivity index (χ0v) is 18.8. The number of carbonyl (C=O) groups is 1. The Morgan fingerprint density at radius 3 is 2.38 bits per heavy atom. The van der Waals surface area contributed by atoms with Crippen LogP contribution in [0.2, 0.25) is 0 Å². The number of aromatic nitrogens is 3. The smallest absolute Gasteiger partial charge is 0.264 e. The van der Waals surface area contributed by atoms with Crippen LogP contribution in [0, 0.1) is 13.8 Å². The topological polar surface area (TPSA) is 127 Å². The van der Waals surface area contributed by atoms with Gasteiger partial charge < -0.3 is 9.73 Å². The Bertz CT molecular complexity index is 1330. The number of thioether (sulfide) groups is 1. The predicted octanol–water partition coefficient (Wildman–Crippen LogP) is 3.77. The van der Waals surface area contributed by atoms with Gasteiger partial charge in [0.05, 0.1) is 10.6 Å². The molecule has 0 unspecified atom stereocenters. The maximum absolute atomic E-state index is 12.6. The average Bonchev–Trinajstić information content (AvgIpc) is 3.15. The Labute approximate surface area is 188 Å². The van der Waals surface area contributed by atoms with Gasteiger partial charge >= 0.3 is 0 Å². The molecule has 0 aliphatic carbocycles. The second kappa shape index (κ2) is 8.97. The number of oxazole rings is 1. The number of amides is 1. The van der Waals surface area contributed by atoms with Gasteiger partial charge in [0, 0.05) is 17.1 Å². The fourth-order valence-corrected chi connectivity index (χ4v) is 4.49. The minimum Gasteiger partial charge on any atom is -0.431 e. The second-order valence-electron chi connectivity index (χ2n) is 6.89. The number of benzene rings is 2. The van der Waals surface area contributed by atoms with Gasteiger partial charge in [-0.15, -0.1) is 0 Å². The Balaban J connectivity index is 1.36. The lowest BCUT2D eigenvalue weighted by Gasteiger charge is -2.09. The van der Waals surface area contributed by atoms with E-state index in [1.54, 1.807) is 19.9 Å². The van der Waals surface area contributed by atoms with Gasteiger partial charge in [-0.25, -0.2) is 28.1 Å². The van der Waals surface area contributed by atoms with Crippen LogP contribution in [0.1, 0.15) is 11.4 Å². The maximum Gasteiger partial charge on any atom is 0.264 e. The van der Waals surface area contributed by atoms with Crippen molar-refractivity contribution < 1.29 is 17.6 Å². The molecule has 164 valence electrons. The highest BCUT2D eigenvalue weighted by atomic mass is 32.2. The molecule has 0 aliphatic heterocycles. The standard InChI is InChI=1S/C21H19N5O4S2/c1-13-11-14(2)23-20(22-13)26-32(28,29)16-9-7-15(8-10-16)24-19(27)12-31-21-25-17-5-3-4-6-18(17)30-21/h3-11H,12H2,1-2H3,(H,24,27)(H,22,23,26). The van der Waals surface area contributed by atoms with Crippen molar-refractivity contribution in [2.45, 2.75) is 24.0 Å². The Morgan fingerprint density at radius 2 is 1.69 bits per heavy atom. The van der Waals surface area contributed by atoms with E-state index < -0.39 is 10.0 Å². The molecule has 2 aromatic carbocycles. The average molecular weight is 470 g/mol. The molecule has 0 spiro atoms. The van der Waals surface area contributed by atoms with Crippen LogP contribution in [0.25, 0.3) is 11.1 Å². The van der Waals surface area contributed by atoms with E-state index in [1.807, 2.05) is 24.3 Å². The van der Waals surface area contributed by atoms with Gasteiger partial charge in [-0.2, -0.15) is 0 Å². The number of fused-ring (bicyclic) bond motifs is 1. The number of para-hydroxylation sites is 2. The fourth-order valence-electron chi connectivity index (χ4n) is 2.91. The lowest BCUT2D eigenvalue weighted by atomic mass is 10.3. The van der Waals surface area contributed by atoms with E-state index in [0.29, 0.717) is 27.9 Å². The van der Waals surface area contributed by atoms with Crippen molar-refractivity contribution in [3.63, 3.8) is 0 Å². The maximum atomic E-state index is 12.6. The van der Waals surface area contributed by atoms with Crippen LogP contribution in [0.4, 0.5) is 11.6 Å². The van der Waals surface area contributed by atoms with Crippen LogP contribution in [-0.2, 0) is 14.8 Å². The lowest BCUT2D eigenvalue weighted by molar-refractivity contribution is -0.113. The summed E-state index contributed by atoms with van der Waals surface area (Å²) >= 11 is 1.17. The van der Waals surface area contributed by atoms with Gasteiger partial charge in [-0.1, -0.05) is 23.9 Å². The van der Waals surface area contributed by atoms with Crippen molar-refractivity contribution in [3.8, 4) is 0 Å². The van der Waals surface area contributed by atoms with Crippen molar-refractivity contribution in [1.29, 1.82) is 0 Å². The summed E-state index contributed by atoms with van der Waals surface area (Å²) in [5.41, 5.74) is 3.17. The van der Waals surface area contributed by atoms with Crippen LogP contribution >= 0.6 is 11.8 Å². The normalized spacial score (nSPS) is 11.4. The van der Waals surface area contributed by atoms with Crippen LogP contribution in [-0.4, -0.2) is 35.0 Å². The largest absolute Gasteiger partial charge is 0.431 e. The van der Waals surface area contributed by atoms with Crippen molar-refractivity contribution in [2.24, 2.45) is 0 Å².